The van der Waals surface area contributed by atoms with Crippen LogP contribution in [0.3, 0.4) is 0 Å². The van der Waals surface area contributed by atoms with Gasteiger partial charge in [0.15, 0.2) is 0 Å². The van der Waals surface area contributed by atoms with E-state index < -0.39 is 0 Å². The van der Waals surface area contributed by atoms with Gasteiger partial charge >= 0.3 is 0 Å². The second kappa shape index (κ2) is 7.79. The molecule has 1 amide bonds. The third kappa shape index (κ3) is 4.45. The average molecular weight is 345 g/mol. The number of hydrogen-bond acceptors (Lipinski definition) is 4. The zero-order chi connectivity index (χ0) is 16.1. The van der Waals surface area contributed by atoms with Crippen LogP contribution in [0.25, 0.3) is 0 Å². The lowest BCUT2D eigenvalue weighted by Gasteiger charge is -2.11. The maximum atomic E-state index is 12.2. The van der Waals surface area contributed by atoms with E-state index >= 15 is 0 Å². The van der Waals surface area contributed by atoms with E-state index in [-0.39, 0.29) is 5.91 Å². The maximum Gasteiger partial charge on any atom is 0.224 e. The van der Waals surface area contributed by atoms with Crippen molar-refractivity contribution in [2.24, 2.45) is 0 Å². The summed E-state index contributed by atoms with van der Waals surface area (Å²) in [5, 5.41) is 3.00. The molecule has 0 saturated carbocycles. The van der Waals surface area contributed by atoms with Crippen LogP contribution in [0.15, 0.2) is 48.5 Å². The molecule has 1 heterocycles. The maximum absolute atomic E-state index is 12.2. The highest BCUT2D eigenvalue weighted by atomic mass is 32.2. The van der Waals surface area contributed by atoms with Crippen molar-refractivity contribution in [3.05, 3.63) is 59.7 Å². The number of carbonyl (C=O) groups is 1. The van der Waals surface area contributed by atoms with E-state index in [1.807, 2.05) is 59.9 Å². The molecular weight excluding hydrogens is 324 g/mol. The number of benzene rings is 2. The Labute approximate surface area is 145 Å². The molecule has 1 fully saturated rings. The molecular formula is C18H20N2OS2. The fourth-order valence-electron chi connectivity index (χ4n) is 2.55. The number of carbonyl (C=O) groups excluding carboxylic acids is 1. The Kier molecular flexibility index (Phi) is 5.51. The fraction of sp³-hybridized carbons (Fsp3) is 0.278. The first-order chi connectivity index (χ1) is 11.2. The summed E-state index contributed by atoms with van der Waals surface area (Å²) in [6.07, 6.45) is 1.10. The van der Waals surface area contributed by atoms with Gasteiger partial charge in [-0.15, -0.1) is 23.5 Å². The molecule has 2 aromatic rings. The lowest BCUT2D eigenvalue weighted by Crippen LogP contribution is -2.13. The predicted molar refractivity (Wildman–Crippen MR) is 102 cm³/mol. The average Bonchev–Trinajstić information content (AvgIpc) is 3.09. The van der Waals surface area contributed by atoms with Crippen molar-refractivity contribution in [1.82, 2.24) is 0 Å². The van der Waals surface area contributed by atoms with Gasteiger partial charge in [0, 0.05) is 29.3 Å². The van der Waals surface area contributed by atoms with Crippen molar-refractivity contribution >= 4 is 40.8 Å². The van der Waals surface area contributed by atoms with E-state index in [0.29, 0.717) is 17.4 Å². The van der Waals surface area contributed by atoms with Crippen molar-refractivity contribution in [3.8, 4) is 0 Å². The Bertz CT molecular complexity index is 684. The van der Waals surface area contributed by atoms with Crippen LogP contribution in [0.4, 0.5) is 11.4 Å². The fourth-order valence-corrected chi connectivity index (χ4v) is 5.39. The van der Waals surface area contributed by atoms with Gasteiger partial charge in [0.2, 0.25) is 5.91 Å². The van der Waals surface area contributed by atoms with Crippen LogP contribution in [0.1, 0.15) is 22.1 Å². The second-order valence-corrected chi connectivity index (χ2v) is 8.17. The zero-order valence-corrected chi connectivity index (χ0v) is 14.5. The molecule has 3 nitrogen and oxygen atoms in total. The van der Waals surface area contributed by atoms with E-state index in [1.54, 1.807) is 0 Å². The summed E-state index contributed by atoms with van der Waals surface area (Å²) in [6.45, 7) is 0. The molecule has 3 rings (SSSR count). The minimum absolute atomic E-state index is 0.0251. The highest BCUT2D eigenvalue weighted by Gasteiger charge is 2.18. The molecule has 120 valence electrons. The summed E-state index contributed by atoms with van der Waals surface area (Å²) in [5.74, 6) is 2.42. The lowest BCUT2D eigenvalue weighted by atomic mass is 10.1. The number of anilines is 2. The topological polar surface area (TPSA) is 55.1 Å². The Morgan fingerprint density at radius 2 is 1.91 bits per heavy atom. The number of thioether (sulfide) groups is 2. The normalized spacial score (nSPS) is 14.8. The van der Waals surface area contributed by atoms with Gasteiger partial charge in [-0.05, 0) is 35.7 Å². The first-order valence-corrected chi connectivity index (χ1v) is 9.78. The molecule has 0 radical (unpaired) electrons. The molecule has 0 spiro atoms. The van der Waals surface area contributed by atoms with Crippen molar-refractivity contribution in [2.45, 2.75) is 17.4 Å². The van der Waals surface area contributed by atoms with Gasteiger partial charge in [-0.3, -0.25) is 4.79 Å². The van der Waals surface area contributed by atoms with Crippen LogP contribution in [0.5, 0.6) is 0 Å². The molecule has 0 aromatic heterocycles. The van der Waals surface area contributed by atoms with Crippen LogP contribution in [0.2, 0.25) is 0 Å². The number of para-hydroxylation sites is 1. The van der Waals surface area contributed by atoms with Crippen LogP contribution in [-0.2, 0) is 11.2 Å². The quantitative estimate of drug-likeness (QED) is 0.793. The Morgan fingerprint density at radius 3 is 2.70 bits per heavy atom. The smallest absolute Gasteiger partial charge is 0.224 e. The molecule has 0 bridgehead atoms. The molecule has 0 atom stereocenters. The second-order valence-electron chi connectivity index (χ2n) is 5.45. The van der Waals surface area contributed by atoms with E-state index in [1.165, 1.54) is 17.1 Å². The van der Waals surface area contributed by atoms with Crippen molar-refractivity contribution in [3.63, 3.8) is 0 Å². The van der Waals surface area contributed by atoms with Crippen LogP contribution < -0.4 is 11.1 Å². The number of rotatable bonds is 5. The number of amides is 1. The number of nitrogens with one attached hydrogen (secondary N) is 1. The number of nitrogens with two attached hydrogens (primary N) is 1. The zero-order valence-electron chi connectivity index (χ0n) is 12.8. The molecule has 3 N–H and O–H groups in total. The molecule has 1 saturated heterocycles. The SMILES string of the molecule is Nc1ccccc1CCC(=O)Nc1cccc(C2SCCS2)c1. The molecule has 1 aliphatic heterocycles. The third-order valence-corrected chi connectivity index (χ3v) is 6.85. The molecule has 5 heteroatoms. The van der Waals surface area contributed by atoms with Crippen LogP contribution in [-0.4, -0.2) is 17.4 Å². The number of hydrogen-bond donors (Lipinski definition) is 2. The first-order valence-electron chi connectivity index (χ1n) is 7.69. The summed E-state index contributed by atoms with van der Waals surface area (Å²) >= 11 is 3.94. The van der Waals surface area contributed by atoms with Gasteiger partial charge in [-0.2, -0.15) is 0 Å². The summed E-state index contributed by atoms with van der Waals surface area (Å²) < 4.78 is 0.496. The molecule has 1 aliphatic rings. The van der Waals surface area contributed by atoms with Gasteiger partial charge in [0.05, 0.1) is 4.58 Å². The van der Waals surface area contributed by atoms with E-state index in [0.717, 1.165) is 16.9 Å². The third-order valence-electron chi connectivity index (χ3n) is 3.74. The van der Waals surface area contributed by atoms with Gasteiger partial charge in [-0.1, -0.05) is 30.3 Å². The minimum Gasteiger partial charge on any atom is -0.399 e. The molecule has 23 heavy (non-hydrogen) atoms. The summed E-state index contributed by atoms with van der Waals surface area (Å²) in [6, 6.07) is 15.9. The summed E-state index contributed by atoms with van der Waals surface area (Å²) in [7, 11) is 0. The Morgan fingerprint density at radius 1 is 1.13 bits per heavy atom. The summed E-state index contributed by atoms with van der Waals surface area (Å²) in [4.78, 5) is 12.2. The van der Waals surface area contributed by atoms with Gasteiger partial charge in [0.1, 0.15) is 0 Å². The van der Waals surface area contributed by atoms with Gasteiger partial charge in [-0.25, -0.2) is 0 Å². The monoisotopic (exact) mass is 344 g/mol. The van der Waals surface area contributed by atoms with Crippen molar-refractivity contribution in [2.75, 3.05) is 22.6 Å². The lowest BCUT2D eigenvalue weighted by molar-refractivity contribution is -0.116. The Hall–Kier alpha value is -1.59. The highest BCUT2D eigenvalue weighted by molar-refractivity contribution is 8.19. The molecule has 0 aliphatic carbocycles. The standard InChI is InChI=1S/C18H20N2OS2/c19-16-7-2-1-4-13(16)8-9-17(21)20-15-6-3-5-14(12-15)18-22-10-11-23-18/h1-7,12,18H,8-11,19H2,(H,20,21). The highest BCUT2D eigenvalue weighted by Crippen LogP contribution is 2.45. The predicted octanol–water partition coefficient (Wildman–Crippen LogP) is 4.32. The van der Waals surface area contributed by atoms with Crippen molar-refractivity contribution in [1.29, 1.82) is 0 Å². The largest absolute Gasteiger partial charge is 0.399 e. The summed E-state index contributed by atoms with van der Waals surface area (Å²) in [5.41, 5.74) is 9.84. The minimum atomic E-state index is 0.0251. The van der Waals surface area contributed by atoms with Gasteiger partial charge < -0.3 is 11.1 Å². The molecule has 2 aromatic carbocycles. The van der Waals surface area contributed by atoms with Crippen LogP contribution >= 0.6 is 23.5 Å². The van der Waals surface area contributed by atoms with E-state index in [2.05, 4.69) is 17.4 Å². The number of aryl methyl sites for hydroxylation is 1. The van der Waals surface area contributed by atoms with Crippen LogP contribution in [0, 0.1) is 0 Å². The Balaban J connectivity index is 1.57. The molecule has 0 unspecified atom stereocenters. The van der Waals surface area contributed by atoms with Gasteiger partial charge in [0.25, 0.3) is 0 Å². The first kappa shape index (κ1) is 16.3. The van der Waals surface area contributed by atoms with E-state index in [9.17, 15) is 4.79 Å². The van der Waals surface area contributed by atoms with E-state index in [4.69, 9.17) is 5.73 Å². The number of nitrogen functional groups attached to an aromatic ring is 1. The van der Waals surface area contributed by atoms with Crippen molar-refractivity contribution < 1.29 is 4.79 Å².